The molecular formula is C22H21NO3. The lowest BCUT2D eigenvalue weighted by Crippen LogP contribution is -2.27. The molecule has 0 aliphatic carbocycles. The predicted octanol–water partition coefficient (Wildman–Crippen LogP) is 5.02. The van der Waals surface area contributed by atoms with Crippen LogP contribution in [0.3, 0.4) is 0 Å². The summed E-state index contributed by atoms with van der Waals surface area (Å²) >= 11 is 0. The average molecular weight is 347 g/mol. The maximum absolute atomic E-state index is 12.2. The third-order valence-corrected chi connectivity index (χ3v) is 3.81. The standard InChI is InChI=1S/C22H21NO3/c1-17(25-16-18-8-4-2-5-9-18)22(24)23-19-12-14-21(15-13-19)26-20-10-6-3-7-11-20/h2-15,17H,16H2,1H3,(H,23,24). The smallest absolute Gasteiger partial charge is 0.253 e. The molecule has 4 nitrogen and oxygen atoms in total. The molecule has 0 aliphatic rings. The fourth-order valence-electron chi connectivity index (χ4n) is 2.35. The Hall–Kier alpha value is -3.11. The Labute approximate surface area is 153 Å². The van der Waals surface area contributed by atoms with Crippen LogP contribution in [0.1, 0.15) is 12.5 Å². The molecular weight excluding hydrogens is 326 g/mol. The van der Waals surface area contributed by atoms with Crippen molar-refractivity contribution in [2.75, 3.05) is 5.32 Å². The molecule has 26 heavy (non-hydrogen) atoms. The van der Waals surface area contributed by atoms with Crippen LogP contribution in [0.15, 0.2) is 84.9 Å². The van der Waals surface area contributed by atoms with Gasteiger partial charge in [-0.2, -0.15) is 0 Å². The van der Waals surface area contributed by atoms with E-state index in [-0.39, 0.29) is 5.91 Å². The fraction of sp³-hybridized carbons (Fsp3) is 0.136. The summed E-state index contributed by atoms with van der Waals surface area (Å²) in [5.41, 5.74) is 1.74. The number of carbonyl (C=O) groups excluding carboxylic acids is 1. The molecule has 1 amide bonds. The van der Waals surface area contributed by atoms with Gasteiger partial charge in [-0.05, 0) is 48.9 Å². The number of rotatable bonds is 7. The summed E-state index contributed by atoms with van der Waals surface area (Å²) in [7, 11) is 0. The van der Waals surface area contributed by atoms with Crippen molar-refractivity contribution in [3.63, 3.8) is 0 Å². The van der Waals surface area contributed by atoms with Crippen LogP contribution in [-0.4, -0.2) is 12.0 Å². The molecule has 0 saturated heterocycles. The molecule has 0 aliphatic heterocycles. The van der Waals surface area contributed by atoms with Crippen LogP contribution < -0.4 is 10.1 Å². The van der Waals surface area contributed by atoms with Crippen molar-refractivity contribution >= 4 is 11.6 Å². The zero-order valence-electron chi connectivity index (χ0n) is 14.6. The number of hydrogen-bond acceptors (Lipinski definition) is 3. The van der Waals surface area contributed by atoms with Crippen molar-refractivity contribution in [2.45, 2.75) is 19.6 Å². The summed E-state index contributed by atoms with van der Waals surface area (Å²) < 4.78 is 11.4. The largest absolute Gasteiger partial charge is 0.457 e. The number of nitrogens with one attached hydrogen (secondary N) is 1. The van der Waals surface area contributed by atoms with Gasteiger partial charge in [0.25, 0.3) is 5.91 Å². The van der Waals surface area contributed by atoms with Gasteiger partial charge in [-0.15, -0.1) is 0 Å². The van der Waals surface area contributed by atoms with E-state index >= 15 is 0 Å². The predicted molar refractivity (Wildman–Crippen MR) is 102 cm³/mol. The lowest BCUT2D eigenvalue weighted by Gasteiger charge is -2.14. The van der Waals surface area contributed by atoms with Crippen LogP contribution in [-0.2, 0) is 16.1 Å². The maximum atomic E-state index is 12.2. The number of ether oxygens (including phenoxy) is 2. The average Bonchev–Trinajstić information content (AvgIpc) is 2.69. The zero-order chi connectivity index (χ0) is 18.2. The summed E-state index contributed by atoms with van der Waals surface area (Å²) in [6.07, 6.45) is -0.546. The van der Waals surface area contributed by atoms with E-state index in [2.05, 4.69) is 5.32 Å². The number of carbonyl (C=O) groups is 1. The summed E-state index contributed by atoms with van der Waals surface area (Å²) in [5.74, 6) is 1.30. The lowest BCUT2D eigenvalue weighted by molar-refractivity contribution is -0.127. The molecule has 0 aromatic heterocycles. The van der Waals surface area contributed by atoms with E-state index in [4.69, 9.17) is 9.47 Å². The first-order chi connectivity index (χ1) is 12.7. The van der Waals surface area contributed by atoms with Gasteiger partial charge < -0.3 is 14.8 Å². The molecule has 4 heteroatoms. The Balaban J connectivity index is 1.50. The van der Waals surface area contributed by atoms with Gasteiger partial charge in [-0.3, -0.25) is 4.79 Å². The molecule has 0 spiro atoms. The van der Waals surface area contributed by atoms with Crippen LogP contribution >= 0.6 is 0 Å². The van der Waals surface area contributed by atoms with E-state index in [9.17, 15) is 4.79 Å². The highest BCUT2D eigenvalue weighted by Crippen LogP contribution is 2.22. The van der Waals surface area contributed by atoms with Crippen molar-refractivity contribution < 1.29 is 14.3 Å². The number of benzene rings is 3. The minimum Gasteiger partial charge on any atom is -0.457 e. The SMILES string of the molecule is CC(OCc1ccccc1)C(=O)Nc1ccc(Oc2ccccc2)cc1. The Kier molecular flexibility index (Phi) is 6.01. The van der Waals surface area contributed by atoms with Crippen molar-refractivity contribution in [1.82, 2.24) is 0 Å². The lowest BCUT2D eigenvalue weighted by atomic mass is 10.2. The molecule has 3 aromatic carbocycles. The second-order valence-electron chi connectivity index (χ2n) is 5.87. The molecule has 0 radical (unpaired) electrons. The quantitative estimate of drug-likeness (QED) is 0.652. The normalized spacial score (nSPS) is 11.6. The Morgan fingerprint density at radius 1 is 0.846 bits per heavy atom. The van der Waals surface area contributed by atoms with Gasteiger partial charge in [0, 0.05) is 5.69 Å². The third kappa shape index (κ3) is 5.19. The van der Waals surface area contributed by atoms with Crippen LogP contribution in [0.25, 0.3) is 0 Å². The van der Waals surface area contributed by atoms with Crippen molar-refractivity contribution in [2.24, 2.45) is 0 Å². The Morgan fingerprint density at radius 2 is 1.42 bits per heavy atom. The molecule has 1 unspecified atom stereocenters. The maximum Gasteiger partial charge on any atom is 0.253 e. The molecule has 0 heterocycles. The second kappa shape index (κ2) is 8.83. The van der Waals surface area contributed by atoms with Crippen molar-refractivity contribution in [3.05, 3.63) is 90.5 Å². The van der Waals surface area contributed by atoms with E-state index in [0.717, 1.165) is 11.3 Å². The summed E-state index contributed by atoms with van der Waals surface area (Å²) in [4.78, 5) is 12.2. The zero-order valence-corrected chi connectivity index (χ0v) is 14.6. The monoisotopic (exact) mass is 347 g/mol. The topological polar surface area (TPSA) is 47.6 Å². The van der Waals surface area contributed by atoms with E-state index in [1.807, 2.05) is 72.8 Å². The van der Waals surface area contributed by atoms with Crippen molar-refractivity contribution in [1.29, 1.82) is 0 Å². The first-order valence-corrected chi connectivity index (χ1v) is 8.50. The minimum absolute atomic E-state index is 0.183. The van der Waals surface area contributed by atoms with Gasteiger partial charge in [0.1, 0.15) is 17.6 Å². The summed E-state index contributed by atoms with van der Waals surface area (Å²) in [5, 5.41) is 2.85. The molecule has 132 valence electrons. The molecule has 3 rings (SSSR count). The third-order valence-electron chi connectivity index (χ3n) is 3.81. The Bertz CT molecular complexity index is 817. The second-order valence-corrected chi connectivity index (χ2v) is 5.87. The Morgan fingerprint density at radius 3 is 2.08 bits per heavy atom. The summed E-state index contributed by atoms with van der Waals surface area (Å²) in [6.45, 7) is 2.14. The van der Waals surface area contributed by atoms with Gasteiger partial charge in [0.05, 0.1) is 6.61 Å². The highest BCUT2D eigenvalue weighted by Gasteiger charge is 2.13. The number of para-hydroxylation sites is 1. The van der Waals surface area contributed by atoms with Crippen LogP contribution in [0.4, 0.5) is 5.69 Å². The first kappa shape index (κ1) is 17.7. The molecule has 1 N–H and O–H groups in total. The highest BCUT2D eigenvalue weighted by molar-refractivity contribution is 5.93. The van der Waals surface area contributed by atoms with E-state index in [0.29, 0.717) is 18.0 Å². The van der Waals surface area contributed by atoms with Gasteiger partial charge >= 0.3 is 0 Å². The fourth-order valence-corrected chi connectivity index (χ4v) is 2.35. The van der Waals surface area contributed by atoms with E-state index in [1.54, 1.807) is 19.1 Å². The minimum atomic E-state index is -0.546. The van der Waals surface area contributed by atoms with E-state index in [1.165, 1.54) is 0 Å². The summed E-state index contributed by atoms with van der Waals surface area (Å²) in [6, 6.07) is 26.6. The molecule has 1 atom stereocenters. The van der Waals surface area contributed by atoms with Crippen LogP contribution in [0, 0.1) is 0 Å². The van der Waals surface area contributed by atoms with E-state index < -0.39 is 6.10 Å². The van der Waals surface area contributed by atoms with Gasteiger partial charge in [0.2, 0.25) is 0 Å². The van der Waals surface area contributed by atoms with Gasteiger partial charge in [-0.25, -0.2) is 0 Å². The number of anilines is 1. The molecule has 0 saturated carbocycles. The van der Waals surface area contributed by atoms with Gasteiger partial charge in [0.15, 0.2) is 0 Å². The molecule has 3 aromatic rings. The molecule has 0 bridgehead atoms. The number of amides is 1. The van der Waals surface area contributed by atoms with Crippen LogP contribution in [0.2, 0.25) is 0 Å². The van der Waals surface area contributed by atoms with Crippen molar-refractivity contribution in [3.8, 4) is 11.5 Å². The van der Waals surface area contributed by atoms with Gasteiger partial charge in [-0.1, -0.05) is 48.5 Å². The first-order valence-electron chi connectivity index (χ1n) is 8.50. The molecule has 0 fully saturated rings. The highest BCUT2D eigenvalue weighted by atomic mass is 16.5. The van der Waals surface area contributed by atoms with Crippen LogP contribution in [0.5, 0.6) is 11.5 Å². The number of hydrogen-bond donors (Lipinski definition) is 1.